The van der Waals surface area contributed by atoms with E-state index in [1.54, 1.807) is 0 Å². The summed E-state index contributed by atoms with van der Waals surface area (Å²) >= 11 is 0. The zero-order valence-electron chi connectivity index (χ0n) is 33.9. The molecule has 59 heavy (non-hydrogen) atoms. The van der Waals surface area contributed by atoms with Crippen LogP contribution in [-0.4, -0.2) is 0 Å². The highest BCUT2D eigenvalue weighted by atomic mass is 15.2. The fourth-order valence-electron chi connectivity index (χ4n) is 9.82. The van der Waals surface area contributed by atoms with Crippen molar-refractivity contribution in [2.45, 2.75) is 33.1 Å². The average molecular weight is 757 g/mol. The van der Waals surface area contributed by atoms with Gasteiger partial charge in [-0.3, -0.25) is 0 Å². The summed E-state index contributed by atoms with van der Waals surface area (Å²) in [7, 11) is 0. The van der Waals surface area contributed by atoms with E-state index in [9.17, 15) is 0 Å². The molecule has 0 N–H and O–H groups in total. The molecule has 0 fully saturated rings. The maximum absolute atomic E-state index is 2.47. The van der Waals surface area contributed by atoms with Gasteiger partial charge in [0.25, 0.3) is 0 Å². The van der Waals surface area contributed by atoms with Crippen molar-refractivity contribution in [3.8, 4) is 11.1 Å². The third-order valence-corrected chi connectivity index (χ3v) is 12.7. The van der Waals surface area contributed by atoms with Crippen LogP contribution in [0, 0.1) is 13.8 Å². The predicted octanol–water partition coefficient (Wildman–Crippen LogP) is 16.2. The van der Waals surface area contributed by atoms with Crippen LogP contribution in [0.5, 0.6) is 0 Å². The molecule has 0 amide bonds. The van der Waals surface area contributed by atoms with Crippen LogP contribution in [0.4, 0.5) is 34.1 Å². The van der Waals surface area contributed by atoms with Gasteiger partial charge in [0, 0.05) is 38.9 Å². The summed E-state index contributed by atoms with van der Waals surface area (Å²) in [4.78, 5) is 4.94. The van der Waals surface area contributed by atoms with E-state index in [1.165, 1.54) is 87.8 Å². The van der Waals surface area contributed by atoms with Crippen molar-refractivity contribution in [2.75, 3.05) is 9.80 Å². The lowest BCUT2D eigenvalue weighted by atomic mass is 9.82. The van der Waals surface area contributed by atoms with Gasteiger partial charge in [-0.2, -0.15) is 0 Å². The van der Waals surface area contributed by atoms with E-state index in [0.29, 0.717) is 0 Å². The van der Waals surface area contributed by atoms with Crippen molar-refractivity contribution in [1.82, 2.24) is 0 Å². The van der Waals surface area contributed by atoms with Gasteiger partial charge in [0.2, 0.25) is 0 Å². The van der Waals surface area contributed by atoms with E-state index >= 15 is 0 Å². The normalized spacial score (nSPS) is 12.9. The van der Waals surface area contributed by atoms with E-state index in [-0.39, 0.29) is 5.41 Å². The molecule has 0 bridgehead atoms. The molecule has 0 saturated heterocycles. The highest BCUT2D eigenvalue weighted by Gasteiger charge is 2.37. The van der Waals surface area contributed by atoms with Gasteiger partial charge in [-0.1, -0.05) is 147 Å². The van der Waals surface area contributed by atoms with Crippen molar-refractivity contribution in [2.24, 2.45) is 0 Å². The third-order valence-electron chi connectivity index (χ3n) is 12.7. The summed E-state index contributed by atoms with van der Waals surface area (Å²) in [6, 6.07) is 72.0. The summed E-state index contributed by atoms with van der Waals surface area (Å²) in [5.41, 5.74) is 14.4. The molecule has 0 aliphatic heterocycles. The van der Waals surface area contributed by atoms with E-state index < -0.39 is 0 Å². The second-order valence-electron chi connectivity index (χ2n) is 16.8. The van der Waals surface area contributed by atoms with Crippen LogP contribution in [0.25, 0.3) is 54.2 Å². The Kier molecular flexibility index (Phi) is 8.00. The first-order valence-electron chi connectivity index (χ1n) is 20.7. The summed E-state index contributed by atoms with van der Waals surface area (Å²) in [5, 5.41) is 10.0. The fraction of sp³-hybridized carbons (Fsp3) is 0.0877. The van der Waals surface area contributed by atoms with E-state index in [4.69, 9.17) is 0 Å². The molecule has 0 saturated carbocycles. The van der Waals surface area contributed by atoms with Gasteiger partial charge in [0.15, 0.2) is 0 Å². The van der Waals surface area contributed by atoms with Crippen LogP contribution < -0.4 is 9.80 Å². The molecule has 1 aliphatic rings. The van der Waals surface area contributed by atoms with Crippen LogP contribution in [0.15, 0.2) is 194 Å². The van der Waals surface area contributed by atoms with E-state index in [1.807, 2.05) is 0 Å². The first-order valence-corrected chi connectivity index (χ1v) is 20.7. The Hall–Kier alpha value is -7.16. The number of nitrogens with zero attached hydrogens (tertiary/aromatic N) is 2. The molecule has 10 aromatic carbocycles. The van der Waals surface area contributed by atoms with Crippen molar-refractivity contribution in [3.05, 3.63) is 216 Å². The molecule has 2 heteroatoms. The molecule has 0 aromatic heterocycles. The summed E-state index contributed by atoms with van der Waals surface area (Å²) in [6.45, 7) is 9.16. The van der Waals surface area contributed by atoms with Crippen LogP contribution in [0.2, 0.25) is 0 Å². The Morgan fingerprint density at radius 1 is 0.322 bits per heavy atom. The van der Waals surface area contributed by atoms with Crippen LogP contribution >= 0.6 is 0 Å². The van der Waals surface area contributed by atoms with Crippen molar-refractivity contribution in [3.63, 3.8) is 0 Å². The average Bonchev–Trinajstić information content (AvgIpc) is 3.48. The number of anilines is 6. The fourth-order valence-corrected chi connectivity index (χ4v) is 9.82. The number of rotatable bonds is 6. The second-order valence-corrected chi connectivity index (χ2v) is 16.8. The van der Waals surface area contributed by atoms with Gasteiger partial charge in [-0.05, 0) is 140 Å². The molecule has 0 spiro atoms. The molecule has 10 aromatic rings. The molecule has 2 nitrogen and oxygen atoms in total. The monoisotopic (exact) mass is 756 g/mol. The third kappa shape index (κ3) is 5.62. The van der Waals surface area contributed by atoms with Gasteiger partial charge >= 0.3 is 0 Å². The molecule has 0 unspecified atom stereocenters. The van der Waals surface area contributed by atoms with Gasteiger partial charge in [0.05, 0.1) is 11.4 Å². The second kappa shape index (κ2) is 13.5. The lowest BCUT2D eigenvalue weighted by Crippen LogP contribution is -2.18. The Bertz CT molecular complexity index is 3080. The molecule has 0 radical (unpaired) electrons. The minimum Gasteiger partial charge on any atom is -0.310 e. The maximum atomic E-state index is 2.47. The molecular weight excluding hydrogens is 713 g/mol. The minimum atomic E-state index is -0.260. The SMILES string of the molecule is Cc1cccc(N(c2ccc3c(c2)C(C)(C)c2cc(N(c4cccc(C)c4)c4cc5ccccc5c5ccccc45)ccc2-3)c2cc3ccccc3c3ccccc23)c1. The minimum absolute atomic E-state index is 0.260. The highest BCUT2D eigenvalue weighted by molar-refractivity contribution is 6.16. The quantitative estimate of drug-likeness (QED) is 0.156. The first-order chi connectivity index (χ1) is 28.8. The Morgan fingerprint density at radius 2 is 0.695 bits per heavy atom. The zero-order valence-corrected chi connectivity index (χ0v) is 33.9. The molecule has 0 atom stereocenters. The summed E-state index contributed by atoms with van der Waals surface area (Å²) < 4.78 is 0. The predicted molar refractivity (Wildman–Crippen MR) is 253 cm³/mol. The van der Waals surface area contributed by atoms with Crippen molar-refractivity contribution in [1.29, 1.82) is 0 Å². The van der Waals surface area contributed by atoms with Gasteiger partial charge < -0.3 is 9.80 Å². The highest BCUT2D eigenvalue weighted by Crippen LogP contribution is 2.53. The van der Waals surface area contributed by atoms with Gasteiger partial charge in [-0.25, -0.2) is 0 Å². The number of aryl methyl sites for hydroxylation is 2. The maximum Gasteiger partial charge on any atom is 0.0546 e. The molecular formula is C57H44N2. The zero-order chi connectivity index (χ0) is 39.8. The Labute approximate surface area is 346 Å². The van der Waals surface area contributed by atoms with Crippen molar-refractivity contribution >= 4 is 77.2 Å². The molecule has 282 valence electrons. The number of fused-ring (bicyclic) bond motifs is 9. The Balaban J connectivity index is 1.09. The van der Waals surface area contributed by atoms with E-state index in [0.717, 1.165) is 22.7 Å². The molecule has 11 rings (SSSR count). The van der Waals surface area contributed by atoms with Crippen LogP contribution in [0.3, 0.4) is 0 Å². The summed E-state index contributed by atoms with van der Waals surface area (Å²) in [6.07, 6.45) is 0. The largest absolute Gasteiger partial charge is 0.310 e. The van der Waals surface area contributed by atoms with Crippen LogP contribution in [-0.2, 0) is 5.41 Å². The van der Waals surface area contributed by atoms with Gasteiger partial charge in [0.1, 0.15) is 0 Å². The van der Waals surface area contributed by atoms with Crippen molar-refractivity contribution < 1.29 is 0 Å². The van der Waals surface area contributed by atoms with Gasteiger partial charge in [-0.15, -0.1) is 0 Å². The smallest absolute Gasteiger partial charge is 0.0546 e. The topological polar surface area (TPSA) is 6.48 Å². The lowest BCUT2D eigenvalue weighted by Gasteiger charge is -2.30. The number of hydrogen-bond donors (Lipinski definition) is 0. The molecule has 0 heterocycles. The summed E-state index contributed by atoms with van der Waals surface area (Å²) in [5.74, 6) is 0. The van der Waals surface area contributed by atoms with E-state index in [2.05, 4.69) is 232 Å². The van der Waals surface area contributed by atoms with Crippen LogP contribution in [0.1, 0.15) is 36.1 Å². The first kappa shape index (κ1) is 35.0. The lowest BCUT2D eigenvalue weighted by molar-refractivity contribution is 0.660. The Morgan fingerprint density at radius 3 is 1.12 bits per heavy atom. The standard InChI is InChI=1S/C57H44N2/c1-37-15-13-19-41(31-37)58(55-33-39-17-5-7-21-45(39)47-23-9-11-25-51(47)55)43-27-29-49-50-30-28-44(36-54(50)57(3,4)53(49)35-43)59(42-20-14-16-38(2)32-42)56-34-40-18-6-8-22-46(40)48-24-10-12-26-52(48)56/h5-36H,1-4H3. The molecule has 1 aliphatic carbocycles. The number of hydrogen-bond acceptors (Lipinski definition) is 2. The number of benzene rings is 10.